The van der Waals surface area contributed by atoms with Crippen molar-refractivity contribution < 1.29 is 23.7 Å². The van der Waals surface area contributed by atoms with E-state index in [1.54, 1.807) is 37.5 Å². The third kappa shape index (κ3) is 7.20. The average Bonchev–Trinajstić information content (AvgIpc) is 3.37. The van der Waals surface area contributed by atoms with E-state index in [0.717, 1.165) is 24.9 Å². The molecule has 1 fully saturated rings. The highest BCUT2D eigenvalue weighted by Gasteiger charge is 2.18. The van der Waals surface area contributed by atoms with Crippen molar-refractivity contribution in [1.29, 1.82) is 5.26 Å². The molecule has 3 rings (SSSR count). The van der Waals surface area contributed by atoms with Gasteiger partial charge in [0.05, 0.1) is 51.8 Å². The fourth-order valence-corrected chi connectivity index (χ4v) is 3.35. The van der Waals surface area contributed by atoms with Gasteiger partial charge in [0.15, 0.2) is 11.5 Å². The number of nitrogen functional groups attached to an aromatic ring is 1. The van der Waals surface area contributed by atoms with E-state index in [1.165, 1.54) is 21.3 Å². The molecule has 0 unspecified atom stereocenters. The van der Waals surface area contributed by atoms with E-state index in [1.807, 2.05) is 6.07 Å². The number of hydrogen-bond acceptors (Lipinski definition) is 8. The number of nitriles is 1. The van der Waals surface area contributed by atoms with Crippen LogP contribution in [0.2, 0.25) is 0 Å². The second-order valence-electron chi connectivity index (χ2n) is 7.14. The predicted molar refractivity (Wildman–Crippen MR) is 134 cm³/mol. The van der Waals surface area contributed by atoms with Crippen LogP contribution in [0.3, 0.4) is 0 Å². The first-order valence-electron chi connectivity index (χ1n) is 10.3. The van der Waals surface area contributed by atoms with Crippen molar-refractivity contribution in [2.24, 2.45) is 5.73 Å². The monoisotopic (exact) mass is 490 g/mol. The van der Waals surface area contributed by atoms with Gasteiger partial charge >= 0.3 is 0 Å². The summed E-state index contributed by atoms with van der Waals surface area (Å²) in [6, 6.07) is 10.9. The molecular weight excluding hydrogens is 460 g/mol. The Labute approximate surface area is 206 Å². The Kier molecular flexibility index (Phi) is 11.6. The molecule has 0 saturated carbocycles. The van der Waals surface area contributed by atoms with E-state index in [4.69, 9.17) is 30.4 Å². The summed E-state index contributed by atoms with van der Waals surface area (Å²) >= 11 is 0. The van der Waals surface area contributed by atoms with E-state index in [2.05, 4.69) is 11.4 Å². The van der Waals surface area contributed by atoms with Crippen molar-refractivity contribution in [1.82, 2.24) is 5.32 Å². The smallest absolute Gasteiger partial charge is 0.234 e. The molecule has 0 aromatic heterocycles. The molecular formula is C24H31ClN4O5. The summed E-state index contributed by atoms with van der Waals surface area (Å²) < 4.78 is 21.1. The third-order valence-electron chi connectivity index (χ3n) is 5.06. The largest absolute Gasteiger partial charge is 0.495 e. The summed E-state index contributed by atoms with van der Waals surface area (Å²) in [5, 5.41) is 12.6. The van der Waals surface area contributed by atoms with Gasteiger partial charge in [-0.15, -0.1) is 12.4 Å². The van der Waals surface area contributed by atoms with Crippen LogP contribution in [0, 0.1) is 11.3 Å². The molecule has 1 aliphatic rings. The molecule has 1 amide bonds. The van der Waals surface area contributed by atoms with E-state index in [9.17, 15) is 10.1 Å². The van der Waals surface area contributed by atoms with Crippen LogP contribution in [0.15, 0.2) is 30.3 Å². The van der Waals surface area contributed by atoms with Gasteiger partial charge in [0, 0.05) is 0 Å². The molecule has 184 valence electrons. The van der Waals surface area contributed by atoms with Crippen LogP contribution in [-0.2, 0) is 4.79 Å². The number of carbonyl (C=O) groups is 1. The summed E-state index contributed by atoms with van der Waals surface area (Å²) in [5.41, 5.74) is 13.3. The number of nitrogens with two attached hydrogens (primary N) is 2. The van der Waals surface area contributed by atoms with Crippen LogP contribution in [-0.4, -0.2) is 46.9 Å². The zero-order valence-corrected chi connectivity index (χ0v) is 20.5. The van der Waals surface area contributed by atoms with Crippen molar-refractivity contribution in [2.75, 3.05) is 40.7 Å². The van der Waals surface area contributed by atoms with E-state index in [0.29, 0.717) is 39.8 Å². The lowest BCUT2D eigenvalue weighted by Crippen LogP contribution is -2.36. The Hall–Kier alpha value is -3.61. The van der Waals surface area contributed by atoms with Crippen LogP contribution in [0.5, 0.6) is 23.0 Å². The minimum absolute atomic E-state index is 0. The Morgan fingerprint density at radius 1 is 1.06 bits per heavy atom. The zero-order chi connectivity index (χ0) is 24.4. The highest BCUT2D eigenvalue weighted by Crippen LogP contribution is 2.40. The van der Waals surface area contributed by atoms with Crippen LogP contribution in [0.1, 0.15) is 24.0 Å². The number of benzene rings is 2. The predicted octanol–water partition coefficient (Wildman–Crippen LogP) is 3.01. The van der Waals surface area contributed by atoms with Gasteiger partial charge in [-0.1, -0.05) is 6.07 Å². The van der Waals surface area contributed by atoms with Gasteiger partial charge in [-0.05, 0) is 60.9 Å². The first-order chi connectivity index (χ1) is 15.9. The maximum Gasteiger partial charge on any atom is 0.234 e. The highest BCUT2D eigenvalue weighted by molar-refractivity contribution is 5.91. The number of rotatable bonds is 7. The van der Waals surface area contributed by atoms with Crippen molar-refractivity contribution in [3.63, 3.8) is 0 Å². The third-order valence-corrected chi connectivity index (χ3v) is 5.06. The standard InChI is InChI=1S/C19H20N2O4.C5H10N2O.ClH/c1-22-16-6-5-12(8-15(16)21)7-14(11-20)13-9-17(23-2)19(25-4)18(10-13)24-3;6-5(8)4-2-1-3-7-4;/h5-10H,21H2,1-4H3;4,7H,1-3H2,(H2,6,8);1H/t;4-;/m.0./s1. The molecule has 9 nitrogen and oxygen atoms in total. The van der Waals surface area contributed by atoms with Gasteiger partial charge in [-0.3, -0.25) is 4.79 Å². The number of amides is 1. The van der Waals surface area contributed by atoms with Crippen LogP contribution in [0.25, 0.3) is 11.6 Å². The van der Waals surface area contributed by atoms with Crippen molar-refractivity contribution in [2.45, 2.75) is 18.9 Å². The lowest BCUT2D eigenvalue weighted by atomic mass is 10.0. The van der Waals surface area contributed by atoms with Gasteiger partial charge in [-0.25, -0.2) is 0 Å². The van der Waals surface area contributed by atoms with Crippen molar-refractivity contribution in [3.05, 3.63) is 41.5 Å². The number of ether oxygens (including phenoxy) is 4. The molecule has 5 N–H and O–H groups in total. The molecule has 0 aliphatic carbocycles. The average molecular weight is 491 g/mol. The van der Waals surface area contributed by atoms with Gasteiger partial charge < -0.3 is 35.7 Å². The topological polar surface area (TPSA) is 142 Å². The minimum Gasteiger partial charge on any atom is -0.495 e. The summed E-state index contributed by atoms with van der Waals surface area (Å²) in [6.07, 6.45) is 3.72. The molecule has 0 radical (unpaired) electrons. The highest BCUT2D eigenvalue weighted by atomic mass is 35.5. The van der Waals surface area contributed by atoms with Gasteiger partial charge in [0.2, 0.25) is 11.7 Å². The number of anilines is 1. The molecule has 0 spiro atoms. The Balaban J connectivity index is 0.000000543. The van der Waals surface area contributed by atoms with Crippen LogP contribution < -0.4 is 35.7 Å². The van der Waals surface area contributed by atoms with E-state index >= 15 is 0 Å². The number of nitrogens with one attached hydrogen (secondary N) is 1. The number of primary amides is 1. The quantitative estimate of drug-likeness (QED) is 0.305. The number of methoxy groups -OCH3 is 4. The SMILES string of the molecule is COc1ccc(C=C(C#N)c2cc(OC)c(OC)c(OC)c2)cc1N.Cl.NC(=O)[C@@H]1CCCN1. The molecule has 1 atom stereocenters. The maximum absolute atomic E-state index is 10.4. The summed E-state index contributed by atoms with van der Waals surface area (Å²) in [4.78, 5) is 10.4. The van der Waals surface area contributed by atoms with Crippen LogP contribution >= 0.6 is 12.4 Å². The van der Waals surface area contributed by atoms with E-state index in [-0.39, 0.29) is 24.4 Å². The molecule has 34 heavy (non-hydrogen) atoms. The zero-order valence-electron chi connectivity index (χ0n) is 19.7. The fourth-order valence-electron chi connectivity index (χ4n) is 3.35. The molecule has 2 aromatic rings. The number of hydrogen-bond donors (Lipinski definition) is 3. The second-order valence-corrected chi connectivity index (χ2v) is 7.14. The number of carbonyl (C=O) groups excluding carboxylic acids is 1. The van der Waals surface area contributed by atoms with Crippen molar-refractivity contribution >= 4 is 35.7 Å². The Bertz CT molecular complexity index is 1020. The minimum atomic E-state index is -0.220. The molecule has 0 bridgehead atoms. The second kappa shape index (κ2) is 13.8. The maximum atomic E-state index is 10.4. The Morgan fingerprint density at radius 3 is 2.06 bits per heavy atom. The summed E-state index contributed by atoms with van der Waals surface area (Å²) in [6.45, 7) is 0.938. The normalized spacial score (nSPS) is 14.6. The summed E-state index contributed by atoms with van der Waals surface area (Å²) in [5.74, 6) is 1.80. The molecule has 1 saturated heterocycles. The Morgan fingerprint density at radius 2 is 1.68 bits per heavy atom. The summed E-state index contributed by atoms with van der Waals surface area (Å²) in [7, 11) is 6.14. The van der Waals surface area contributed by atoms with Crippen molar-refractivity contribution in [3.8, 4) is 29.1 Å². The molecule has 2 aromatic carbocycles. The van der Waals surface area contributed by atoms with E-state index < -0.39 is 0 Å². The number of halogens is 1. The van der Waals surface area contributed by atoms with Gasteiger partial charge in [0.25, 0.3) is 0 Å². The first-order valence-corrected chi connectivity index (χ1v) is 10.3. The fraction of sp³-hybridized carbons (Fsp3) is 0.333. The lowest BCUT2D eigenvalue weighted by Gasteiger charge is -2.14. The lowest BCUT2D eigenvalue weighted by molar-refractivity contribution is -0.119. The number of nitrogens with zero attached hydrogens (tertiary/aromatic N) is 1. The molecule has 1 heterocycles. The molecule has 10 heteroatoms. The first kappa shape index (κ1) is 28.4. The van der Waals surface area contributed by atoms with Gasteiger partial charge in [-0.2, -0.15) is 5.26 Å². The molecule has 1 aliphatic heterocycles. The van der Waals surface area contributed by atoms with Gasteiger partial charge in [0.1, 0.15) is 5.75 Å². The number of allylic oxidation sites excluding steroid dienone is 1. The van der Waals surface area contributed by atoms with Crippen LogP contribution in [0.4, 0.5) is 5.69 Å².